The maximum Gasteiger partial charge on any atom is 0.255 e. The molecule has 156 valence electrons. The average Bonchev–Trinajstić information content (AvgIpc) is 2.67. The molecular weight excluding hydrogens is 402 g/mol. The second kappa shape index (κ2) is 8.03. The van der Waals surface area contributed by atoms with Crippen LogP contribution in [0, 0.1) is 0 Å². The highest BCUT2D eigenvalue weighted by atomic mass is 32.2. The van der Waals surface area contributed by atoms with Gasteiger partial charge in [0.2, 0.25) is 5.91 Å². The Bertz CT molecular complexity index is 1010. The third-order valence-corrected chi connectivity index (χ3v) is 5.67. The van der Waals surface area contributed by atoms with Gasteiger partial charge in [-0.3, -0.25) is 4.79 Å². The second-order valence-corrected chi connectivity index (χ2v) is 8.43. The molecule has 10 heteroatoms. The van der Waals surface area contributed by atoms with E-state index in [1.54, 1.807) is 11.0 Å². The van der Waals surface area contributed by atoms with Gasteiger partial charge in [-0.25, -0.2) is 27.3 Å². The van der Waals surface area contributed by atoms with E-state index in [4.69, 9.17) is 5.14 Å². The van der Waals surface area contributed by atoms with E-state index in [9.17, 15) is 22.0 Å². The van der Waals surface area contributed by atoms with Gasteiger partial charge in [0.25, 0.3) is 15.9 Å². The highest BCUT2D eigenvalue weighted by molar-refractivity contribution is 7.89. The number of carbonyl (C=O) groups excluding carboxylic acids is 1. The summed E-state index contributed by atoms with van der Waals surface area (Å²) in [5.74, 6) is -3.62. The van der Waals surface area contributed by atoms with E-state index < -0.39 is 39.3 Å². The molecule has 1 fully saturated rings. The van der Waals surface area contributed by atoms with Gasteiger partial charge in [-0.1, -0.05) is 25.1 Å². The molecule has 3 rings (SSSR count). The van der Waals surface area contributed by atoms with E-state index in [0.717, 1.165) is 17.3 Å². The number of amides is 1. The third-order valence-electron chi connectivity index (χ3n) is 4.87. The van der Waals surface area contributed by atoms with Crippen LogP contribution in [0.2, 0.25) is 0 Å². The van der Waals surface area contributed by atoms with Crippen molar-refractivity contribution in [2.75, 3.05) is 16.8 Å². The van der Waals surface area contributed by atoms with Crippen LogP contribution in [0.1, 0.15) is 25.3 Å². The lowest BCUT2D eigenvalue weighted by Crippen LogP contribution is -2.53. The van der Waals surface area contributed by atoms with Crippen molar-refractivity contribution < 1.29 is 22.0 Å². The normalized spacial score (nSPS) is 19.0. The fourth-order valence-electron chi connectivity index (χ4n) is 3.42. The Morgan fingerprint density at radius 2 is 2.07 bits per heavy atom. The van der Waals surface area contributed by atoms with Gasteiger partial charge in [-0.2, -0.15) is 0 Å². The van der Waals surface area contributed by atoms with Crippen LogP contribution in [0.5, 0.6) is 0 Å². The van der Waals surface area contributed by atoms with Crippen molar-refractivity contribution in [3.8, 4) is 0 Å². The minimum atomic E-state index is -4.06. The zero-order chi connectivity index (χ0) is 21.2. The Labute approximate surface area is 168 Å². The lowest BCUT2D eigenvalue weighted by molar-refractivity contribution is -0.121. The first kappa shape index (κ1) is 21.1. The quantitative estimate of drug-likeness (QED) is 0.767. The molecule has 1 aliphatic rings. The van der Waals surface area contributed by atoms with Crippen LogP contribution in [0.4, 0.5) is 20.2 Å². The first-order valence-corrected chi connectivity index (χ1v) is 10.7. The van der Waals surface area contributed by atoms with Gasteiger partial charge >= 0.3 is 0 Å². The van der Waals surface area contributed by atoms with Crippen molar-refractivity contribution in [3.63, 3.8) is 0 Å². The standard InChI is InChI=1S/C19H22F2N4O3S/c1-2-13-5-3-4-6-15(13)25-10-8-19(20,21)12-16(25)18(26)24-14-7-9-23-17(11-14)29(22,27)28/h3-7,9,11,16H,2,8,10,12H2,1H3,(H2,22,27,28)(H,23,24,26). The number of halogens is 2. The van der Waals surface area contributed by atoms with E-state index in [1.165, 1.54) is 12.3 Å². The number of pyridine rings is 1. The van der Waals surface area contributed by atoms with Crippen molar-refractivity contribution in [1.29, 1.82) is 0 Å². The largest absolute Gasteiger partial charge is 0.359 e. The Balaban J connectivity index is 1.91. The molecule has 0 radical (unpaired) electrons. The smallest absolute Gasteiger partial charge is 0.255 e. The minimum absolute atomic E-state index is 0.0286. The summed E-state index contributed by atoms with van der Waals surface area (Å²) in [6.07, 6.45) is 0.887. The number of nitrogens with one attached hydrogen (secondary N) is 1. The number of piperidine rings is 1. The van der Waals surface area contributed by atoms with Crippen LogP contribution in [0.15, 0.2) is 47.6 Å². The Morgan fingerprint density at radius 1 is 1.34 bits per heavy atom. The van der Waals surface area contributed by atoms with Crippen LogP contribution in [0.25, 0.3) is 0 Å². The fourth-order valence-corrected chi connectivity index (χ4v) is 3.91. The summed E-state index contributed by atoms with van der Waals surface area (Å²) < 4.78 is 51.2. The lowest BCUT2D eigenvalue weighted by atomic mass is 9.95. The number of anilines is 2. The number of sulfonamides is 1. The number of hydrogen-bond acceptors (Lipinski definition) is 5. The highest BCUT2D eigenvalue weighted by Gasteiger charge is 2.44. The third kappa shape index (κ3) is 4.88. The van der Waals surface area contributed by atoms with E-state index in [0.29, 0.717) is 6.42 Å². The highest BCUT2D eigenvalue weighted by Crippen LogP contribution is 2.36. The second-order valence-electron chi connectivity index (χ2n) is 6.92. The number of aryl methyl sites for hydroxylation is 1. The zero-order valence-corrected chi connectivity index (χ0v) is 16.6. The molecule has 1 amide bonds. The molecule has 7 nitrogen and oxygen atoms in total. The van der Waals surface area contributed by atoms with Crippen LogP contribution in [-0.4, -0.2) is 37.8 Å². The van der Waals surface area contributed by atoms with Crippen molar-refractivity contribution >= 4 is 27.3 Å². The number of nitrogens with two attached hydrogens (primary N) is 1. The van der Waals surface area contributed by atoms with Crippen molar-refractivity contribution in [2.24, 2.45) is 5.14 Å². The summed E-state index contributed by atoms with van der Waals surface area (Å²) in [4.78, 5) is 18.2. The number of primary sulfonamides is 1. The maximum atomic E-state index is 14.1. The van der Waals surface area contributed by atoms with Gasteiger partial charge in [0.15, 0.2) is 5.03 Å². The summed E-state index contributed by atoms with van der Waals surface area (Å²) in [7, 11) is -4.06. The van der Waals surface area contributed by atoms with E-state index in [2.05, 4.69) is 10.3 Å². The summed E-state index contributed by atoms with van der Waals surface area (Å²) in [5.41, 5.74) is 1.81. The summed E-state index contributed by atoms with van der Waals surface area (Å²) in [5, 5.41) is 7.16. The number of rotatable bonds is 5. The number of hydrogen-bond donors (Lipinski definition) is 2. The SMILES string of the molecule is CCc1ccccc1N1CCC(F)(F)CC1C(=O)Nc1ccnc(S(N)(=O)=O)c1. The first-order chi connectivity index (χ1) is 13.6. The molecule has 1 unspecified atom stereocenters. The molecule has 0 spiro atoms. The van der Waals surface area contributed by atoms with Gasteiger partial charge in [0.1, 0.15) is 6.04 Å². The van der Waals surface area contributed by atoms with Gasteiger partial charge in [-0.05, 0) is 24.1 Å². The molecule has 0 aliphatic carbocycles. The Hall–Kier alpha value is -2.59. The van der Waals surface area contributed by atoms with Crippen LogP contribution in [0.3, 0.4) is 0 Å². The first-order valence-electron chi connectivity index (χ1n) is 9.13. The van der Waals surface area contributed by atoms with Gasteiger partial charge in [-0.15, -0.1) is 0 Å². The number of benzene rings is 1. The molecule has 1 aliphatic heterocycles. The molecule has 29 heavy (non-hydrogen) atoms. The molecule has 0 saturated carbocycles. The minimum Gasteiger partial charge on any atom is -0.359 e. The topological polar surface area (TPSA) is 105 Å². The lowest BCUT2D eigenvalue weighted by Gasteiger charge is -2.40. The number of nitrogens with zero attached hydrogens (tertiary/aromatic N) is 2. The molecule has 1 aromatic carbocycles. The summed E-state index contributed by atoms with van der Waals surface area (Å²) in [6.45, 7) is 1.99. The number of para-hydroxylation sites is 1. The fraction of sp³-hybridized carbons (Fsp3) is 0.368. The molecule has 2 heterocycles. The van der Waals surface area contributed by atoms with Crippen LogP contribution < -0.4 is 15.4 Å². The Kier molecular flexibility index (Phi) is 5.85. The van der Waals surface area contributed by atoms with Gasteiger partial charge in [0, 0.05) is 43.0 Å². The van der Waals surface area contributed by atoms with Crippen molar-refractivity contribution in [3.05, 3.63) is 48.2 Å². The maximum absolute atomic E-state index is 14.1. The molecule has 1 aromatic heterocycles. The Morgan fingerprint density at radius 3 is 2.76 bits per heavy atom. The average molecular weight is 424 g/mol. The molecule has 1 saturated heterocycles. The molecule has 0 bridgehead atoms. The molecule has 3 N–H and O–H groups in total. The van der Waals surface area contributed by atoms with E-state index >= 15 is 0 Å². The molecular formula is C19H22F2N4O3S. The van der Waals surface area contributed by atoms with E-state index in [1.807, 2.05) is 25.1 Å². The predicted molar refractivity (Wildman–Crippen MR) is 105 cm³/mol. The van der Waals surface area contributed by atoms with Crippen LogP contribution >= 0.6 is 0 Å². The monoisotopic (exact) mass is 424 g/mol. The van der Waals surface area contributed by atoms with Crippen molar-refractivity contribution in [1.82, 2.24) is 4.98 Å². The van der Waals surface area contributed by atoms with Gasteiger partial charge < -0.3 is 10.2 Å². The predicted octanol–water partition coefficient (Wildman–Crippen LogP) is 2.53. The molecule has 1 atom stereocenters. The van der Waals surface area contributed by atoms with Gasteiger partial charge in [0.05, 0.1) is 0 Å². The zero-order valence-electron chi connectivity index (χ0n) is 15.8. The number of aromatic nitrogens is 1. The number of alkyl halides is 2. The summed E-state index contributed by atoms with van der Waals surface area (Å²) in [6, 6.07) is 8.74. The van der Waals surface area contributed by atoms with Crippen LogP contribution in [-0.2, 0) is 21.2 Å². The molecule has 2 aromatic rings. The van der Waals surface area contributed by atoms with E-state index in [-0.39, 0.29) is 18.7 Å². The summed E-state index contributed by atoms with van der Waals surface area (Å²) >= 11 is 0. The van der Waals surface area contributed by atoms with Crippen molar-refractivity contribution in [2.45, 2.75) is 43.2 Å². The number of carbonyl (C=O) groups is 1.